The van der Waals surface area contributed by atoms with Gasteiger partial charge in [-0.1, -0.05) is 57.8 Å². The lowest BCUT2D eigenvalue weighted by Crippen LogP contribution is -1.81. The predicted octanol–water partition coefficient (Wildman–Crippen LogP) is 3.44. The first-order chi connectivity index (χ1) is 6.41. The number of hydrogen-bond acceptors (Lipinski definition) is 1. The molecule has 2 N–H and O–H groups in total. The minimum Gasteiger partial charge on any atom is -0.359 e. The van der Waals surface area contributed by atoms with Crippen LogP contribution in [0.4, 0.5) is 0 Å². The Bertz CT molecular complexity index is 141. The molecule has 0 aromatic carbocycles. The molecule has 0 atom stereocenters. The number of rotatable bonds is 8. The van der Waals surface area contributed by atoms with Crippen LogP contribution in [0.3, 0.4) is 0 Å². The lowest BCUT2D eigenvalue weighted by Gasteiger charge is -1.98. The quantitative estimate of drug-likeness (QED) is 0.346. The topological polar surface area (TPSA) is 26.0 Å². The van der Waals surface area contributed by atoms with Gasteiger partial charge in [-0.05, 0) is 6.42 Å². The Morgan fingerprint density at radius 3 is 1.92 bits per heavy atom. The highest BCUT2D eigenvalue weighted by Crippen LogP contribution is 2.08. The molecule has 0 spiro atoms. The highest BCUT2D eigenvalue weighted by atomic mass is 14.4. The van der Waals surface area contributed by atoms with Crippen LogP contribution in [0, 0.1) is 12.0 Å². The molecule has 0 unspecified atom stereocenters. The van der Waals surface area contributed by atoms with E-state index in [0.717, 1.165) is 6.42 Å². The van der Waals surface area contributed by atoms with Crippen molar-refractivity contribution >= 4 is 0 Å². The van der Waals surface area contributed by atoms with Gasteiger partial charge in [0.15, 0.2) is 0 Å². The monoisotopic (exact) mass is 181 g/mol. The van der Waals surface area contributed by atoms with Gasteiger partial charge in [0, 0.05) is 12.5 Å². The summed E-state index contributed by atoms with van der Waals surface area (Å²) < 4.78 is 0. The fraction of sp³-hybridized carbons (Fsp3) is 0.833. The summed E-state index contributed by atoms with van der Waals surface area (Å²) in [6, 6.07) is 2.44. The molecule has 0 aliphatic heterocycles. The van der Waals surface area contributed by atoms with Crippen LogP contribution in [-0.2, 0) is 0 Å². The van der Waals surface area contributed by atoms with Crippen molar-refractivity contribution in [3.63, 3.8) is 0 Å². The second kappa shape index (κ2) is 11.4. The zero-order chi connectivity index (χ0) is 9.78. The van der Waals surface area contributed by atoms with E-state index in [1.807, 2.05) is 0 Å². The van der Waals surface area contributed by atoms with Crippen LogP contribution in [0.15, 0.2) is 0 Å². The SMILES string of the molecule is CCCCCCCCCCC#CN. The molecule has 0 aromatic heterocycles. The van der Waals surface area contributed by atoms with Crippen molar-refractivity contribution in [2.75, 3.05) is 0 Å². The molecule has 0 saturated heterocycles. The molecule has 76 valence electrons. The maximum absolute atomic E-state index is 5.06. The van der Waals surface area contributed by atoms with Gasteiger partial charge >= 0.3 is 0 Å². The lowest BCUT2D eigenvalue weighted by atomic mass is 10.1. The third-order valence-electron chi connectivity index (χ3n) is 2.26. The summed E-state index contributed by atoms with van der Waals surface area (Å²) in [7, 11) is 0. The van der Waals surface area contributed by atoms with Crippen LogP contribution in [-0.4, -0.2) is 0 Å². The van der Waals surface area contributed by atoms with Crippen LogP contribution in [0.1, 0.15) is 64.7 Å². The van der Waals surface area contributed by atoms with Crippen molar-refractivity contribution < 1.29 is 0 Å². The first kappa shape index (κ1) is 12.4. The number of unbranched alkanes of at least 4 members (excludes halogenated alkanes) is 8. The minimum atomic E-state index is 0.978. The highest BCUT2D eigenvalue weighted by molar-refractivity contribution is 4.93. The summed E-state index contributed by atoms with van der Waals surface area (Å²) in [4.78, 5) is 0. The summed E-state index contributed by atoms with van der Waals surface area (Å²) in [5.41, 5.74) is 5.06. The summed E-state index contributed by atoms with van der Waals surface area (Å²) >= 11 is 0. The maximum atomic E-state index is 5.06. The van der Waals surface area contributed by atoms with Gasteiger partial charge in [-0.3, -0.25) is 0 Å². The first-order valence-electron chi connectivity index (χ1n) is 5.60. The molecule has 0 fully saturated rings. The Hall–Kier alpha value is -0.640. The molecule has 1 heteroatoms. The Labute approximate surface area is 83.1 Å². The molecule has 13 heavy (non-hydrogen) atoms. The van der Waals surface area contributed by atoms with Gasteiger partial charge in [0.25, 0.3) is 0 Å². The van der Waals surface area contributed by atoms with E-state index in [2.05, 4.69) is 18.9 Å². The summed E-state index contributed by atoms with van der Waals surface area (Å²) in [5.74, 6) is 2.89. The van der Waals surface area contributed by atoms with Gasteiger partial charge in [-0.2, -0.15) is 0 Å². The van der Waals surface area contributed by atoms with Gasteiger partial charge in [-0.15, -0.1) is 0 Å². The van der Waals surface area contributed by atoms with Crippen molar-refractivity contribution in [1.82, 2.24) is 0 Å². The molecule has 0 heterocycles. The second-order valence-electron chi connectivity index (χ2n) is 3.55. The summed E-state index contributed by atoms with van der Waals surface area (Å²) in [6.45, 7) is 2.26. The van der Waals surface area contributed by atoms with Crippen molar-refractivity contribution in [1.29, 1.82) is 0 Å². The molecule has 0 saturated carbocycles. The van der Waals surface area contributed by atoms with E-state index in [1.165, 1.54) is 51.4 Å². The normalized spacial score (nSPS) is 9.31. The number of nitrogens with two attached hydrogens (primary N) is 1. The molecule has 0 aliphatic rings. The zero-order valence-electron chi connectivity index (χ0n) is 8.94. The smallest absolute Gasteiger partial charge is 0.0107 e. The Kier molecular flexibility index (Phi) is 10.8. The highest BCUT2D eigenvalue weighted by Gasteiger charge is 1.89. The van der Waals surface area contributed by atoms with Crippen LogP contribution < -0.4 is 5.73 Å². The van der Waals surface area contributed by atoms with Crippen LogP contribution in [0.2, 0.25) is 0 Å². The van der Waals surface area contributed by atoms with Crippen molar-refractivity contribution in [2.24, 2.45) is 5.73 Å². The van der Waals surface area contributed by atoms with Crippen LogP contribution in [0.25, 0.3) is 0 Å². The fourth-order valence-corrected chi connectivity index (χ4v) is 1.42. The molecule has 0 radical (unpaired) electrons. The molecular weight excluding hydrogens is 158 g/mol. The zero-order valence-corrected chi connectivity index (χ0v) is 8.94. The van der Waals surface area contributed by atoms with Gasteiger partial charge in [0.2, 0.25) is 0 Å². The van der Waals surface area contributed by atoms with Crippen molar-refractivity contribution in [2.45, 2.75) is 64.7 Å². The maximum Gasteiger partial charge on any atom is 0.0107 e. The molecule has 0 amide bonds. The van der Waals surface area contributed by atoms with Gasteiger partial charge < -0.3 is 5.73 Å². The van der Waals surface area contributed by atoms with E-state index in [4.69, 9.17) is 5.73 Å². The average Bonchev–Trinajstić information content (AvgIpc) is 2.16. The van der Waals surface area contributed by atoms with Crippen molar-refractivity contribution in [3.8, 4) is 12.0 Å². The predicted molar refractivity (Wildman–Crippen MR) is 59.2 cm³/mol. The van der Waals surface area contributed by atoms with E-state index in [9.17, 15) is 0 Å². The first-order valence-corrected chi connectivity index (χ1v) is 5.60. The van der Waals surface area contributed by atoms with E-state index in [0.29, 0.717) is 0 Å². The summed E-state index contributed by atoms with van der Waals surface area (Å²) in [6.07, 6.45) is 11.9. The van der Waals surface area contributed by atoms with E-state index in [1.54, 1.807) is 0 Å². The van der Waals surface area contributed by atoms with E-state index in [-0.39, 0.29) is 0 Å². The van der Waals surface area contributed by atoms with E-state index < -0.39 is 0 Å². The molecule has 0 bridgehead atoms. The van der Waals surface area contributed by atoms with Crippen molar-refractivity contribution in [3.05, 3.63) is 0 Å². The second-order valence-corrected chi connectivity index (χ2v) is 3.55. The van der Waals surface area contributed by atoms with E-state index >= 15 is 0 Å². The molecule has 0 aliphatic carbocycles. The molecule has 1 nitrogen and oxygen atoms in total. The third-order valence-corrected chi connectivity index (χ3v) is 2.26. The Morgan fingerprint density at radius 2 is 1.38 bits per heavy atom. The Morgan fingerprint density at radius 1 is 0.846 bits per heavy atom. The molecule has 0 aromatic rings. The van der Waals surface area contributed by atoms with Gasteiger partial charge in [0.1, 0.15) is 0 Å². The molecular formula is C12H23N. The Balaban J connectivity index is 2.86. The summed E-state index contributed by atoms with van der Waals surface area (Å²) in [5, 5.41) is 0. The van der Waals surface area contributed by atoms with Crippen LogP contribution in [0.5, 0.6) is 0 Å². The van der Waals surface area contributed by atoms with Gasteiger partial charge in [0.05, 0.1) is 0 Å². The fourth-order valence-electron chi connectivity index (χ4n) is 1.42. The molecule has 0 rings (SSSR count). The lowest BCUT2D eigenvalue weighted by molar-refractivity contribution is 0.579. The minimum absolute atomic E-state index is 0.978. The standard InChI is InChI=1S/C12H23N/c1-2-3-4-5-6-7-8-9-10-11-12-13/h2-10,13H2,1H3. The number of hydrogen-bond donors (Lipinski definition) is 1. The average molecular weight is 181 g/mol. The largest absolute Gasteiger partial charge is 0.359 e. The van der Waals surface area contributed by atoms with Crippen LogP contribution >= 0.6 is 0 Å². The van der Waals surface area contributed by atoms with Gasteiger partial charge in [-0.25, -0.2) is 0 Å². The third kappa shape index (κ3) is 11.4.